The molecule has 1 aromatic rings. The number of hydrogen-bond acceptors (Lipinski definition) is 4. The van der Waals surface area contributed by atoms with Gasteiger partial charge in [-0.1, -0.05) is 19.0 Å². The fraction of sp³-hybridized carbons (Fsp3) is 0.583. The highest BCUT2D eigenvalue weighted by atomic mass is 16.5. The summed E-state index contributed by atoms with van der Waals surface area (Å²) < 4.78 is 5.00. The van der Waals surface area contributed by atoms with Gasteiger partial charge in [-0.15, -0.1) is 0 Å². The molecular weight excluding hydrogens is 236 g/mol. The number of carbonyl (C=O) groups excluding carboxylic acids is 1. The van der Waals surface area contributed by atoms with Crippen molar-refractivity contribution in [2.24, 2.45) is 0 Å². The Kier molecular flexibility index (Phi) is 4.88. The lowest BCUT2D eigenvalue weighted by Crippen LogP contribution is -2.36. The van der Waals surface area contributed by atoms with Gasteiger partial charge in [0, 0.05) is 6.54 Å². The molecule has 1 rings (SSSR count). The van der Waals surface area contributed by atoms with Crippen LogP contribution in [0.3, 0.4) is 0 Å². The van der Waals surface area contributed by atoms with Gasteiger partial charge in [-0.25, -0.2) is 0 Å². The number of aromatic nitrogens is 1. The number of hydrogen-bond donors (Lipinski definition) is 1. The summed E-state index contributed by atoms with van der Waals surface area (Å²) in [6.45, 7) is 5.52. The first-order chi connectivity index (χ1) is 8.51. The zero-order valence-corrected chi connectivity index (χ0v) is 10.9. The van der Waals surface area contributed by atoms with E-state index in [-0.39, 0.29) is 12.5 Å². The number of amides is 1. The van der Waals surface area contributed by atoms with Crippen molar-refractivity contribution in [1.29, 1.82) is 0 Å². The summed E-state index contributed by atoms with van der Waals surface area (Å²) in [7, 11) is 0. The lowest BCUT2D eigenvalue weighted by atomic mass is 10.1. The molecule has 6 nitrogen and oxygen atoms in total. The molecule has 0 spiro atoms. The summed E-state index contributed by atoms with van der Waals surface area (Å²) in [5.41, 5.74) is 0.969. The van der Waals surface area contributed by atoms with E-state index in [1.807, 2.05) is 13.8 Å². The minimum Gasteiger partial charge on any atom is -0.480 e. The van der Waals surface area contributed by atoms with Crippen LogP contribution in [0.5, 0.6) is 0 Å². The van der Waals surface area contributed by atoms with Crippen LogP contribution in [0.15, 0.2) is 4.52 Å². The molecule has 1 N–H and O–H groups in total. The molecule has 0 saturated carbocycles. The van der Waals surface area contributed by atoms with Gasteiger partial charge < -0.3 is 14.5 Å². The van der Waals surface area contributed by atoms with E-state index >= 15 is 0 Å². The molecule has 0 aromatic carbocycles. The molecule has 0 radical (unpaired) electrons. The van der Waals surface area contributed by atoms with E-state index in [1.54, 1.807) is 6.92 Å². The van der Waals surface area contributed by atoms with Crippen LogP contribution in [0.2, 0.25) is 0 Å². The summed E-state index contributed by atoms with van der Waals surface area (Å²) in [4.78, 5) is 24.4. The van der Waals surface area contributed by atoms with Gasteiger partial charge in [-0.3, -0.25) is 9.59 Å². The highest BCUT2D eigenvalue weighted by Crippen LogP contribution is 2.16. The van der Waals surface area contributed by atoms with Crippen LogP contribution in [-0.4, -0.2) is 40.1 Å². The van der Waals surface area contributed by atoms with Crippen LogP contribution in [0, 0.1) is 6.92 Å². The van der Waals surface area contributed by atoms with Crippen molar-refractivity contribution in [3.05, 3.63) is 17.0 Å². The standard InChI is InChI=1S/C12H18N2O4/c1-4-6-14(7-10(15)16)12(17)11-8(3)18-13-9(11)5-2/h4-7H2,1-3H3,(H,15,16). The van der Waals surface area contributed by atoms with E-state index < -0.39 is 5.97 Å². The first-order valence-corrected chi connectivity index (χ1v) is 5.97. The van der Waals surface area contributed by atoms with E-state index in [0.29, 0.717) is 36.4 Å². The predicted molar refractivity (Wildman–Crippen MR) is 64.4 cm³/mol. The molecule has 0 unspecified atom stereocenters. The number of nitrogens with zero attached hydrogens (tertiary/aromatic N) is 2. The Hall–Kier alpha value is -1.85. The monoisotopic (exact) mass is 254 g/mol. The van der Waals surface area contributed by atoms with Gasteiger partial charge in [-0.05, 0) is 19.8 Å². The minimum absolute atomic E-state index is 0.305. The maximum Gasteiger partial charge on any atom is 0.323 e. The van der Waals surface area contributed by atoms with Gasteiger partial charge in [0.05, 0.1) is 5.69 Å². The first-order valence-electron chi connectivity index (χ1n) is 5.97. The third-order valence-electron chi connectivity index (χ3n) is 2.59. The average molecular weight is 254 g/mol. The van der Waals surface area contributed by atoms with Crippen molar-refractivity contribution in [2.45, 2.75) is 33.6 Å². The Balaban J connectivity index is 3.00. The molecule has 0 aliphatic heterocycles. The molecule has 1 heterocycles. The molecule has 0 atom stereocenters. The van der Waals surface area contributed by atoms with Crippen molar-refractivity contribution < 1.29 is 19.2 Å². The summed E-state index contributed by atoms with van der Waals surface area (Å²) in [5, 5.41) is 12.6. The zero-order chi connectivity index (χ0) is 13.7. The van der Waals surface area contributed by atoms with Crippen LogP contribution in [0.25, 0.3) is 0 Å². The number of aryl methyl sites for hydroxylation is 2. The van der Waals surface area contributed by atoms with Crippen LogP contribution in [0.1, 0.15) is 42.1 Å². The van der Waals surface area contributed by atoms with Crippen molar-refractivity contribution in [3.63, 3.8) is 0 Å². The third kappa shape index (κ3) is 3.09. The lowest BCUT2D eigenvalue weighted by Gasteiger charge is -2.19. The summed E-state index contributed by atoms with van der Waals surface area (Å²) in [6, 6.07) is 0. The first kappa shape index (κ1) is 14.2. The maximum absolute atomic E-state index is 12.3. The van der Waals surface area contributed by atoms with Crippen molar-refractivity contribution >= 4 is 11.9 Å². The number of carboxylic acid groups (broad SMARTS) is 1. The largest absolute Gasteiger partial charge is 0.480 e. The van der Waals surface area contributed by atoms with Gasteiger partial charge in [-0.2, -0.15) is 0 Å². The van der Waals surface area contributed by atoms with Crippen LogP contribution >= 0.6 is 0 Å². The molecule has 1 amide bonds. The highest BCUT2D eigenvalue weighted by molar-refractivity contribution is 5.97. The predicted octanol–water partition coefficient (Wildman–Crippen LogP) is 1.48. The highest BCUT2D eigenvalue weighted by Gasteiger charge is 2.25. The summed E-state index contributed by atoms with van der Waals surface area (Å²) in [5.74, 6) is -0.915. The van der Waals surface area contributed by atoms with Crippen molar-refractivity contribution in [3.8, 4) is 0 Å². The number of rotatable bonds is 6. The van der Waals surface area contributed by atoms with Gasteiger partial charge in [0.1, 0.15) is 17.9 Å². The third-order valence-corrected chi connectivity index (χ3v) is 2.59. The Bertz CT molecular complexity index is 439. The molecule has 18 heavy (non-hydrogen) atoms. The quantitative estimate of drug-likeness (QED) is 0.831. The number of carbonyl (C=O) groups is 2. The van der Waals surface area contributed by atoms with E-state index in [9.17, 15) is 9.59 Å². The second-order valence-electron chi connectivity index (χ2n) is 4.03. The SMILES string of the molecule is CCCN(CC(=O)O)C(=O)c1c(CC)noc1C. The Morgan fingerprint density at radius 1 is 1.39 bits per heavy atom. The average Bonchev–Trinajstić information content (AvgIpc) is 2.68. The smallest absolute Gasteiger partial charge is 0.323 e. The second-order valence-corrected chi connectivity index (χ2v) is 4.03. The molecule has 0 aliphatic carbocycles. The van der Waals surface area contributed by atoms with Gasteiger partial charge >= 0.3 is 5.97 Å². The van der Waals surface area contributed by atoms with Gasteiger partial charge in [0.25, 0.3) is 5.91 Å². The van der Waals surface area contributed by atoms with Crippen LogP contribution < -0.4 is 0 Å². The second kappa shape index (κ2) is 6.18. The van der Waals surface area contributed by atoms with E-state index in [4.69, 9.17) is 9.63 Å². The lowest BCUT2D eigenvalue weighted by molar-refractivity contribution is -0.137. The topological polar surface area (TPSA) is 83.6 Å². The molecule has 0 aliphatic rings. The summed E-state index contributed by atoms with van der Waals surface area (Å²) in [6.07, 6.45) is 1.27. The molecule has 100 valence electrons. The zero-order valence-electron chi connectivity index (χ0n) is 10.9. The Morgan fingerprint density at radius 2 is 2.06 bits per heavy atom. The van der Waals surface area contributed by atoms with Crippen molar-refractivity contribution in [1.82, 2.24) is 10.1 Å². The molecular formula is C12H18N2O4. The molecule has 6 heteroatoms. The molecule has 0 fully saturated rings. The normalized spacial score (nSPS) is 10.4. The minimum atomic E-state index is -1.02. The van der Waals surface area contributed by atoms with E-state index in [2.05, 4.69) is 5.16 Å². The fourth-order valence-corrected chi connectivity index (χ4v) is 1.78. The Labute approximate surface area is 106 Å². The molecule has 0 saturated heterocycles. The fourth-order valence-electron chi connectivity index (χ4n) is 1.78. The molecule has 1 aromatic heterocycles. The number of carboxylic acids is 1. The maximum atomic E-state index is 12.3. The molecule has 0 bridgehead atoms. The summed E-state index contributed by atoms with van der Waals surface area (Å²) >= 11 is 0. The van der Waals surface area contributed by atoms with Gasteiger partial charge in [0.15, 0.2) is 0 Å². The number of aliphatic carboxylic acids is 1. The van der Waals surface area contributed by atoms with E-state index in [1.165, 1.54) is 4.90 Å². The Morgan fingerprint density at radius 3 is 2.56 bits per heavy atom. The van der Waals surface area contributed by atoms with Crippen LogP contribution in [-0.2, 0) is 11.2 Å². The van der Waals surface area contributed by atoms with Crippen molar-refractivity contribution in [2.75, 3.05) is 13.1 Å². The van der Waals surface area contributed by atoms with E-state index in [0.717, 1.165) is 0 Å². The van der Waals surface area contributed by atoms with Crippen LogP contribution in [0.4, 0.5) is 0 Å². The van der Waals surface area contributed by atoms with Gasteiger partial charge in [0.2, 0.25) is 0 Å².